The molecule has 2 aromatic carbocycles. The highest BCUT2D eigenvalue weighted by Gasteiger charge is 2.32. The zero-order valence-corrected chi connectivity index (χ0v) is 20.7. The molecule has 2 fully saturated rings. The molecule has 0 bridgehead atoms. The van der Waals surface area contributed by atoms with E-state index in [2.05, 4.69) is 20.4 Å². The number of carbonyl (C=O) groups excluding carboxylic acids is 2. The van der Waals surface area contributed by atoms with Gasteiger partial charge in [-0.15, -0.1) is 5.10 Å². The fraction of sp³-hybridized carbons (Fsp3) is 0.357. The van der Waals surface area contributed by atoms with Crippen molar-refractivity contribution in [2.45, 2.75) is 31.4 Å². The summed E-state index contributed by atoms with van der Waals surface area (Å²) in [4.78, 5) is 29.3. The number of halogens is 3. The summed E-state index contributed by atoms with van der Waals surface area (Å²) in [6.45, 7) is 2.30. The largest absolute Gasteiger partial charge is 0.416 e. The van der Waals surface area contributed by atoms with Gasteiger partial charge in [0.25, 0.3) is 5.91 Å². The van der Waals surface area contributed by atoms with Gasteiger partial charge in [-0.1, -0.05) is 18.2 Å². The second kappa shape index (κ2) is 10.8. The van der Waals surface area contributed by atoms with Gasteiger partial charge in [-0.05, 0) is 73.2 Å². The molecule has 2 saturated heterocycles. The van der Waals surface area contributed by atoms with Crippen molar-refractivity contribution in [3.63, 3.8) is 0 Å². The molecule has 1 atom stereocenters. The van der Waals surface area contributed by atoms with Gasteiger partial charge in [0.15, 0.2) is 5.82 Å². The molecule has 0 radical (unpaired) electrons. The van der Waals surface area contributed by atoms with Crippen LogP contribution in [0.4, 0.5) is 24.7 Å². The second-order valence-electron chi connectivity index (χ2n) is 9.77. The molecule has 0 saturated carbocycles. The van der Waals surface area contributed by atoms with Crippen molar-refractivity contribution in [3.05, 3.63) is 83.6 Å². The maximum atomic E-state index is 13.0. The summed E-state index contributed by atoms with van der Waals surface area (Å²) in [5, 5.41) is 11.0. The quantitative estimate of drug-likeness (QED) is 0.511. The van der Waals surface area contributed by atoms with E-state index in [9.17, 15) is 22.8 Å². The first-order valence-electron chi connectivity index (χ1n) is 12.7. The Bertz CT molecular complexity index is 1280. The van der Waals surface area contributed by atoms with Crippen molar-refractivity contribution in [2.75, 3.05) is 36.4 Å². The molecular weight excluding hydrogens is 495 g/mol. The minimum absolute atomic E-state index is 0.0226. The summed E-state index contributed by atoms with van der Waals surface area (Å²) in [6, 6.07) is 16.1. The number of nitrogens with one attached hydrogen (secondary N) is 1. The zero-order valence-electron chi connectivity index (χ0n) is 20.7. The summed E-state index contributed by atoms with van der Waals surface area (Å²) < 4.78 is 39.0. The van der Waals surface area contributed by atoms with E-state index in [-0.39, 0.29) is 29.2 Å². The van der Waals surface area contributed by atoms with Crippen molar-refractivity contribution in [1.29, 1.82) is 0 Å². The van der Waals surface area contributed by atoms with Crippen molar-refractivity contribution >= 4 is 23.3 Å². The maximum absolute atomic E-state index is 13.0. The van der Waals surface area contributed by atoms with Crippen LogP contribution in [0, 0.1) is 5.92 Å². The molecule has 0 spiro atoms. The highest BCUT2D eigenvalue weighted by molar-refractivity contribution is 5.94. The molecular formula is C28H28F3N5O2. The molecule has 10 heteroatoms. The predicted molar refractivity (Wildman–Crippen MR) is 137 cm³/mol. The number of likely N-dealkylation sites (tertiary alicyclic amines) is 1. The van der Waals surface area contributed by atoms with Gasteiger partial charge >= 0.3 is 6.18 Å². The Hall–Kier alpha value is -3.95. The van der Waals surface area contributed by atoms with Crippen molar-refractivity contribution < 1.29 is 22.8 Å². The Balaban J connectivity index is 1.12. The molecule has 7 nitrogen and oxygen atoms in total. The van der Waals surface area contributed by atoms with Crippen LogP contribution in [0.2, 0.25) is 0 Å². The van der Waals surface area contributed by atoms with Crippen molar-refractivity contribution in [2.24, 2.45) is 5.92 Å². The van der Waals surface area contributed by atoms with E-state index >= 15 is 0 Å². The third-order valence-electron chi connectivity index (χ3n) is 7.31. The van der Waals surface area contributed by atoms with Gasteiger partial charge in [-0.25, -0.2) is 0 Å². The number of piperidine rings is 1. The van der Waals surface area contributed by atoms with Gasteiger partial charge in [0.05, 0.1) is 11.5 Å². The number of anilines is 2. The minimum Gasteiger partial charge on any atom is -0.354 e. The van der Waals surface area contributed by atoms with E-state index in [4.69, 9.17) is 0 Å². The maximum Gasteiger partial charge on any atom is 0.416 e. The Kier molecular flexibility index (Phi) is 7.31. The molecule has 38 heavy (non-hydrogen) atoms. The van der Waals surface area contributed by atoms with Crippen LogP contribution in [0.3, 0.4) is 0 Å². The Morgan fingerprint density at radius 1 is 0.921 bits per heavy atom. The second-order valence-corrected chi connectivity index (χ2v) is 9.77. The Labute approximate surface area is 218 Å². The molecule has 0 aliphatic carbocycles. The lowest BCUT2D eigenvalue weighted by atomic mass is 9.89. The number of aromatic nitrogens is 2. The molecule has 1 unspecified atom stereocenters. The topological polar surface area (TPSA) is 78.4 Å². The van der Waals surface area contributed by atoms with Crippen LogP contribution in [0.5, 0.6) is 0 Å². The SMILES string of the molecule is O=C(Nc1ccc(C2CCN(C(=O)c3cccc(C(F)(F)F)c3)CC2)cc1)C1CCN(c2cccnn2)C1. The first-order chi connectivity index (χ1) is 18.3. The van der Waals surface area contributed by atoms with E-state index in [0.29, 0.717) is 19.6 Å². The van der Waals surface area contributed by atoms with Crippen LogP contribution in [0.15, 0.2) is 66.9 Å². The van der Waals surface area contributed by atoms with Crippen LogP contribution < -0.4 is 10.2 Å². The number of hydrogen-bond donors (Lipinski definition) is 1. The van der Waals surface area contributed by atoms with Gasteiger partial charge in [0.2, 0.25) is 5.91 Å². The van der Waals surface area contributed by atoms with Gasteiger partial charge in [0.1, 0.15) is 0 Å². The molecule has 1 N–H and O–H groups in total. The van der Waals surface area contributed by atoms with Crippen LogP contribution in [-0.4, -0.2) is 53.1 Å². The first-order valence-corrected chi connectivity index (χ1v) is 12.7. The van der Waals surface area contributed by atoms with E-state index < -0.39 is 11.7 Å². The fourth-order valence-corrected chi connectivity index (χ4v) is 5.15. The van der Waals surface area contributed by atoms with Crippen LogP contribution in [-0.2, 0) is 11.0 Å². The molecule has 2 aliphatic rings. The van der Waals surface area contributed by atoms with Gasteiger partial charge in [-0.3, -0.25) is 9.59 Å². The molecule has 5 rings (SSSR count). The summed E-state index contributed by atoms with van der Waals surface area (Å²) in [5.74, 6) is 0.480. The van der Waals surface area contributed by atoms with Gasteiger partial charge in [0, 0.05) is 43.6 Å². The number of rotatable bonds is 5. The molecule has 1 aromatic heterocycles. The van der Waals surface area contributed by atoms with Crippen LogP contribution in [0.1, 0.15) is 46.7 Å². The standard InChI is InChI=1S/C28H28F3N5O2/c29-28(30,31)23-4-1-3-21(17-23)27(38)35-14-10-20(11-15-35)19-6-8-24(9-7-19)33-26(37)22-12-16-36(18-22)25-5-2-13-32-34-25/h1-9,13,17,20,22H,10-12,14-16,18H2,(H,33,37). The number of benzene rings is 2. The first kappa shape index (κ1) is 25.7. The highest BCUT2D eigenvalue weighted by Crippen LogP contribution is 2.32. The highest BCUT2D eigenvalue weighted by atomic mass is 19.4. The van der Waals surface area contributed by atoms with Crippen LogP contribution >= 0.6 is 0 Å². The molecule has 3 heterocycles. The molecule has 198 valence electrons. The molecule has 3 aromatic rings. The minimum atomic E-state index is -4.48. The number of hydrogen-bond acceptors (Lipinski definition) is 5. The average Bonchev–Trinajstić information content (AvgIpc) is 3.44. The van der Waals surface area contributed by atoms with Gasteiger partial charge < -0.3 is 15.1 Å². The number of alkyl halides is 3. The fourth-order valence-electron chi connectivity index (χ4n) is 5.15. The summed E-state index contributed by atoms with van der Waals surface area (Å²) in [5.41, 5.74) is 1.08. The third-order valence-corrected chi connectivity index (χ3v) is 7.31. The summed E-state index contributed by atoms with van der Waals surface area (Å²) in [7, 11) is 0. The van der Waals surface area contributed by atoms with Crippen LogP contribution in [0.25, 0.3) is 0 Å². The lowest BCUT2D eigenvalue weighted by Crippen LogP contribution is -2.38. The van der Waals surface area contributed by atoms with E-state index in [0.717, 1.165) is 55.0 Å². The average molecular weight is 524 g/mol. The monoisotopic (exact) mass is 523 g/mol. The third kappa shape index (κ3) is 5.79. The predicted octanol–water partition coefficient (Wildman–Crippen LogP) is 4.98. The molecule has 2 aliphatic heterocycles. The molecule has 2 amide bonds. The van der Waals surface area contributed by atoms with Gasteiger partial charge in [-0.2, -0.15) is 18.3 Å². The number of nitrogens with zero attached hydrogens (tertiary/aromatic N) is 4. The number of carbonyl (C=O) groups is 2. The number of amides is 2. The Morgan fingerprint density at radius 2 is 1.68 bits per heavy atom. The van der Waals surface area contributed by atoms with Crippen molar-refractivity contribution in [1.82, 2.24) is 15.1 Å². The normalized spacial score (nSPS) is 18.4. The van der Waals surface area contributed by atoms with Crippen molar-refractivity contribution in [3.8, 4) is 0 Å². The lowest BCUT2D eigenvalue weighted by molar-refractivity contribution is -0.137. The Morgan fingerprint density at radius 3 is 2.37 bits per heavy atom. The smallest absolute Gasteiger partial charge is 0.354 e. The summed E-state index contributed by atoms with van der Waals surface area (Å²) in [6.07, 6.45) is -0.674. The van der Waals surface area contributed by atoms with E-state index in [1.54, 1.807) is 11.1 Å². The summed E-state index contributed by atoms with van der Waals surface area (Å²) >= 11 is 0. The van der Waals surface area contributed by atoms with E-state index in [1.165, 1.54) is 12.1 Å². The lowest BCUT2D eigenvalue weighted by Gasteiger charge is -2.32. The zero-order chi connectivity index (χ0) is 26.7. The van der Waals surface area contributed by atoms with E-state index in [1.807, 2.05) is 36.4 Å².